The molecule has 1 aromatic carbocycles. The lowest BCUT2D eigenvalue weighted by molar-refractivity contribution is 0.0316. The van der Waals surface area contributed by atoms with E-state index in [4.69, 9.17) is 9.47 Å². The van der Waals surface area contributed by atoms with E-state index in [0.717, 1.165) is 5.56 Å². The first kappa shape index (κ1) is 18.4. The molecule has 0 aliphatic heterocycles. The van der Waals surface area contributed by atoms with Crippen LogP contribution >= 0.6 is 0 Å². The second-order valence-corrected chi connectivity index (χ2v) is 5.84. The minimum Gasteiger partial charge on any atom is -0.465 e. The quantitative estimate of drug-likeness (QED) is 0.666. The van der Waals surface area contributed by atoms with Gasteiger partial charge in [0, 0.05) is 5.69 Å². The van der Waals surface area contributed by atoms with Gasteiger partial charge in [-0.15, -0.1) is 0 Å². The zero-order valence-corrected chi connectivity index (χ0v) is 14.9. The van der Waals surface area contributed by atoms with E-state index < -0.39 is 23.8 Å². The molecular weight excluding hydrogens is 322 g/mol. The maximum Gasteiger partial charge on any atom is 0.339 e. The van der Waals surface area contributed by atoms with Gasteiger partial charge in [0.25, 0.3) is 0 Å². The minimum atomic E-state index is -0.991. The normalized spacial score (nSPS) is 11.7. The summed E-state index contributed by atoms with van der Waals surface area (Å²) >= 11 is 0. The predicted octanol–water partition coefficient (Wildman–Crippen LogP) is 3.15. The Morgan fingerprint density at radius 1 is 1.04 bits per heavy atom. The van der Waals surface area contributed by atoms with Gasteiger partial charge in [0.1, 0.15) is 0 Å². The summed E-state index contributed by atoms with van der Waals surface area (Å²) in [7, 11) is 1.28. The molecule has 1 aromatic heterocycles. The van der Waals surface area contributed by atoms with Crippen molar-refractivity contribution in [2.45, 2.75) is 33.8 Å². The fraction of sp³-hybridized carbons (Fsp3) is 0.316. The Labute approximate surface area is 146 Å². The number of aromatic nitrogens is 1. The highest BCUT2D eigenvalue weighted by atomic mass is 16.5. The van der Waals surface area contributed by atoms with Crippen LogP contribution < -0.4 is 0 Å². The largest absolute Gasteiger partial charge is 0.465 e. The van der Waals surface area contributed by atoms with Crippen LogP contribution in [0.1, 0.15) is 54.9 Å². The molecular formula is C19H21NO5. The standard InChI is InChI=1S/C19H21NO5/c1-10-8-6-7-9-14(10)18(22)25-13(4)17(21)16-11(2)15(12(3)20-16)19(23)24-5/h6-9,13,20H,1-5H3. The highest BCUT2D eigenvalue weighted by Crippen LogP contribution is 2.21. The summed E-state index contributed by atoms with van der Waals surface area (Å²) in [6, 6.07) is 7.00. The smallest absolute Gasteiger partial charge is 0.339 e. The Bertz CT molecular complexity index is 834. The molecule has 25 heavy (non-hydrogen) atoms. The molecule has 1 atom stereocenters. The zero-order valence-electron chi connectivity index (χ0n) is 14.9. The van der Waals surface area contributed by atoms with Crippen LogP contribution in [0, 0.1) is 20.8 Å². The monoisotopic (exact) mass is 343 g/mol. The van der Waals surface area contributed by atoms with Gasteiger partial charge in [-0.05, 0) is 44.9 Å². The van der Waals surface area contributed by atoms with E-state index in [1.54, 1.807) is 39.0 Å². The number of aryl methyl sites for hydroxylation is 2. The van der Waals surface area contributed by atoms with Gasteiger partial charge in [-0.3, -0.25) is 4.79 Å². The number of ketones is 1. The summed E-state index contributed by atoms with van der Waals surface area (Å²) in [6.07, 6.45) is -0.991. The molecule has 2 rings (SSSR count). The van der Waals surface area contributed by atoms with Crippen molar-refractivity contribution in [3.05, 3.63) is 57.9 Å². The van der Waals surface area contributed by atoms with Crippen LogP contribution in [0.2, 0.25) is 0 Å². The number of aromatic amines is 1. The van der Waals surface area contributed by atoms with Gasteiger partial charge in [-0.25, -0.2) is 9.59 Å². The van der Waals surface area contributed by atoms with E-state index in [0.29, 0.717) is 22.4 Å². The third-order valence-electron chi connectivity index (χ3n) is 4.09. The third kappa shape index (κ3) is 3.63. The predicted molar refractivity (Wildman–Crippen MR) is 92.0 cm³/mol. The molecule has 132 valence electrons. The van der Waals surface area contributed by atoms with Crippen LogP contribution in [0.5, 0.6) is 0 Å². The number of esters is 2. The van der Waals surface area contributed by atoms with Gasteiger partial charge in [0.2, 0.25) is 5.78 Å². The average molecular weight is 343 g/mol. The van der Waals surface area contributed by atoms with Crippen LogP contribution in [0.4, 0.5) is 0 Å². The first-order chi connectivity index (χ1) is 11.8. The second-order valence-electron chi connectivity index (χ2n) is 5.84. The lowest BCUT2D eigenvalue weighted by Gasteiger charge is -2.13. The molecule has 0 aliphatic rings. The van der Waals surface area contributed by atoms with Crippen molar-refractivity contribution < 1.29 is 23.9 Å². The number of hydrogen-bond donors (Lipinski definition) is 1. The van der Waals surface area contributed by atoms with Crippen LogP contribution in [0.3, 0.4) is 0 Å². The number of carbonyl (C=O) groups is 3. The molecule has 0 amide bonds. The molecule has 0 aliphatic carbocycles. The molecule has 0 bridgehead atoms. The molecule has 0 saturated heterocycles. The molecule has 1 N–H and O–H groups in total. The van der Waals surface area contributed by atoms with E-state index in [-0.39, 0.29) is 5.69 Å². The number of hydrogen-bond acceptors (Lipinski definition) is 5. The van der Waals surface area contributed by atoms with Crippen molar-refractivity contribution >= 4 is 17.7 Å². The maximum atomic E-state index is 12.6. The number of methoxy groups -OCH3 is 1. The molecule has 2 aromatic rings. The molecule has 0 saturated carbocycles. The highest BCUT2D eigenvalue weighted by molar-refractivity contribution is 6.04. The van der Waals surface area contributed by atoms with Crippen molar-refractivity contribution in [3.8, 4) is 0 Å². The summed E-state index contributed by atoms with van der Waals surface area (Å²) in [5.41, 5.74) is 2.76. The van der Waals surface area contributed by atoms with Crippen molar-refractivity contribution in [3.63, 3.8) is 0 Å². The molecule has 0 radical (unpaired) electrons. The number of H-pyrrole nitrogens is 1. The van der Waals surface area contributed by atoms with E-state index in [1.807, 2.05) is 6.07 Å². The minimum absolute atomic E-state index is 0.239. The van der Waals surface area contributed by atoms with Crippen LogP contribution in [0.15, 0.2) is 24.3 Å². The Morgan fingerprint density at radius 2 is 1.68 bits per heavy atom. The summed E-state index contributed by atoms with van der Waals surface area (Å²) in [5, 5.41) is 0. The molecule has 6 heteroatoms. The SMILES string of the molecule is COC(=O)c1c(C)[nH]c(C(=O)C(C)OC(=O)c2ccccc2C)c1C. The van der Waals surface area contributed by atoms with Gasteiger partial charge in [0.05, 0.1) is 23.9 Å². The first-order valence-electron chi connectivity index (χ1n) is 7.86. The number of carbonyl (C=O) groups excluding carboxylic acids is 3. The summed E-state index contributed by atoms with van der Waals surface area (Å²) in [6.45, 7) is 6.63. The van der Waals surface area contributed by atoms with Crippen molar-refractivity contribution in [2.75, 3.05) is 7.11 Å². The molecule has 1 heterocycles. The van der Waals surface area contributed by atoms with Crippen molar-refractivity contribution in [1.82, 2.24) is 4.98 Å². The summed E-state index contributed by atoms with van der Waals surface area (Å²) in [5.74, 6) is -1.49. The van der Waals surface area contributed by atoms with E-state index in [9.17, 15) is 14.4 Å². The number of nitrogens with one attached hydrogen (secondary N) is 1. The molecule has 6 nitrogen and oxygen atoms in total. The summed E-state index contributed by atoms with van der Waals surface area (Å²) in [4.78, 5) is 39.6. The number of Topliss-reactive ketones (excluding diaryl/α,β-unsaturated/α-hetero) is 1. The van der Waals surface area contributed by atoms with Gasteiger partial charge >= 0.3 is 11.9 Å². The first-order valence-corrected chi connectivity index (χ1v) is 7.86. The maximum absolute atomic E-state index is 12.6. The number of rotatable bonds is 5. The highest BCUT2D eigenvalue weighted by Gasteiger charge is 2.27. The van der Waals surface area contributed by atoms with Crippen LogP contribution in [-0.2, 0) is 9.47 Å². The average Bonchev–Trinajstić information content (AvgIpc) is 2.88. The fourth-order valence-corrected chi connectivity index (χ4v) is 2.69. The Morgan fingerprint density at radius 3 is 2.28 bits per heavy atom. The topological polar surface area (TPSA) is 85.5 Å². The van der Waals surface area contributed by atoms with Crippen LogP contribution in [0.25, 0.3) is 0 Å². The van der Waals surface area contributed by atoms with Gasteiger partial charge < -0.3 is 14.5 Å². The number of benzene rings is 1. The van der Waals surface area contributed by atoms with Gasteiger partial charge in [0.15, 0.2) is 6.10 Å². The van der Waals surface area contributed by atoms with E-state index in [1.165, 1.54) is 14.0 Å². The fourth-order valence-electron chi connectivity index (χ4n) is 2.69. The van der Waals surface area contributed by atoms with Crippen LogP contribution in [-0.4, -0.2) is 35.9 Å². The lowest BCUT2D eigenvalue weighted by Crippen LogP contribution is -2.25. The molecule has 0 spiro atoms. The van der Waals surface area contributed by atoms with Gasteiger partial charge in [-0.1, -0.05) is 18.2 Å². The number of ether oxygens (including phenoxy) is 2. The van der Waals surface area contributed by atoms with E-state index >= 15 is 0 Å². The third-order valence-corrected chi connectivity index (χ3v) is 4.09. The Balaban J connectivity index is 2.22. The molecule has 1 unspecified atom stereocenters. The Hall–Kier alpha value is -2.89. The summed E-state index contributed by atoms with van der Waals surface area (Å²) < 4.78 is 10.0. The van der Waals surface area contributed by atoms with E-state index in [2.05, 4.69) is 4.98 Å². The van der Waals surface area contributed by atoms with Gasteiger partial charge in [-0.2, -0.15) is 0 Å². The molecule has 0 fully saturated rings. The second kappa shape index (κ2) is 7.34. The zero-order chi connectivity index (χ0) is 18.7. The Kier molecular flexibility index (Phi) is 5.41. The lowest BCUT2D eigenvalue weighted by atomic mass is 10.1. The van der Waals surface area contributed by atoms with Crippen molar-refractivity contribution in [1.29, 1.82) is 0 Å². The van der Waals surface area contributed by atoms with Crippen molar-refractivity contribution in [2.24, 2.45) is 0 Å².